The lowest BCUT2D eigenvalue weighted by molar-refractivity contribution is -0.117. The van der Waals surface area contributed by atoms with Crippen LogP contribution in [-0.2, 0) is 17.8 Å². The zero-order chi connectivity index (χ0) is 15.3. The summed E-state index contributed by atoms with van der Waals surface area (Å²) in [5, 5.41) is 4.42. The van der Waals surface area contributed by atoms with Crippen LogP contribution in [0.3, 0.4) is 0 Å². The first-order valence-corrected chi connectivity index (χ1v) is 8.69. The number of amides is 1. The molecule has 1 atom stereocenters. The van der Waals surface area contributed by atoms with E-state index in [1.807, 2.05) is 4.68 Å². The summed E-state index contributed by atoms with van der Waals surface area (Å²) in [5.41, 5.74) is 5.74. The van der Waals surface area contributed by atoms with E-state index in [1.54, 1.807) is 6.33 Å². The Bertz CT molecular complexity index is 544. The summed E-state index contributed by atoms with van der Waals surface area (Å²) < 4.78 is 1.92. The minimum atomic E-state index is -0.369. The highest BCUT2D eigenvalue weighted by Gasteiger charge is 2.52. The molecule has 120 valence electrons. The van der Waals surface area contributed by atoms with Gasteiger partial charge in [-0.2, -0.15) is 5.10 Å². The first kappa shape index (κ1) is 14.2. The minimum Gasteiger partial charge on any atom is -0.369 e. The second-order valence-electron chi connectivity index (χ2n) is 8.21. The topological polar surface area (TPSA) is 73.8 Å². The van der Waals surface area contributed by atoms with Crippen molar-refractivity contribution in [2.75, 3.05) is 0 Å². The van der Waals surface area contributed by atoms with Crippen molar-refractivity contribution in [3.05, 3.63) is 12.2 Å². The van der Waals surface area contributed by atoms with E-state index in [0.29, 0.717) is 17.2 Å². The summed E-state index contributed by atoms with van der Waals surface area (Å²) in [6.07, 6.45) is 10.6. The van der Waals surface area contributed by atoms with E-state index in [4.69, 9.17) is 5.73 Å². The van der Waals surface area contributed by atoms with Gasteiger partial charge in [0.1, 0.15) is 6.33 Å². The van der Waals surface area contributed by atoms with Gasteiger partial charge in [0.05, 0.1) is 6.42 Å². The number of hydrogen-bond donors (Lipinski definition) is 1. The molecule has 2 N–H and O–H groups in total. The van der Waals surface area contributed by atoms with Gasteiger partial charge >= 0.3 is 0 Å². The predicted molar refractivity (Wildman–Crippen MR) is 82.7 cm³/mol. The molecule has 1 aromatic heterocycles. The van der Waals surface area contributed by atoms with Gasteiger partial charge < -0.3 is 5.73 Å². The number of nitrogens with zero attached hydrogens (tertiary/aromatic N) is 3. The van der Waals surface area contributed by atoms with E-state index in [-0.39, 0.29) is 12.3 Å². The average Bonchev–Trinajstić information content (AvgIpc) is 2.83. The Morgan fingerprint density at radius 1 is 1.32 bits per heavy atom. The minimum absolute atomic E-state index is 0.138. The van der Waals surface area contributed by atoms with E-state index in [0.717, 1.165) is 24.3 Å². The molecule has 4 fully saturated rings. The van der Waals surface area contributed by atoms with Crippen molar-refractivity contribution in [3.63, 3.8) is 0 Å². The maximum atomic E-state index is 11.0. The second-order valence-corrected chi connectivity index (χ2v) is 8.21. The highest BCUT2D eigenvalue weighted by molar-refractivity contribution is 5.75. The van der Waals surface area contributed by atoms with Crippen LogP contribution < -0.4 is 5.73 Å². The molecule has 0 aliphatic heterocycles. The molecule has 5 heteroatoms. The lowest BCUT2D eigenvalue weighted by Gasteiger charge is -2.59. The monoisotopic (exact) mass is 302 g/mol. The van der Waals surface area contributed by atoms with E-state index in [2.05, 4.69) is 17.0 Å². The van der Waals surface area contributed by atoms with Gasteiger partial charge in [0, 0.05) is 6.54 Å². The van der Waals surface area contributed by atoms with Crippen molar-refractivity contribution in [2.24, 2.45) is 34.8 Å². The number of carbonyl (C=O) groups is 1. The van der Waals surface area contributed by atoms with Crippen molar-refractivity contribution < 1.29 is 4.79 Å². The lowest BCUT2D eigenvalue weighted by atomic mass is 9.46. The SMILES string of the molecule is CC(Cn1cnc(CC(N)=O)n1)C12CC3CC(CC(C3)C1)C2. The molecule has 4 bridgehead atoms. The molecular formula is C17H26N4O. The maximum Gasteiger partial charge on any atom is 0.225 e. The van der Waals surface area contributed by atoms with Crippen LogP contribution in [0, 0.1) is 29.1 Å². The fraction of sp³-hybridized carbons (Fsp3) is 0.824. The van der Waals surface area contributed by atoms with Crippen molar-refractivity contribution in [3.8, 4) is 0 Å². The van der Waals surface area contributed by atoms with E-state index in [9.17, 15) is 4.79 Å². The molecule has 0 aromatic carbocycles. The Morgan fingerprint density at radius 3 is 2.45 bits per heavy atom. The molecule has 5 nitrogen and oxygen atoms in total. The Hall–Kier alpha value is -1.39. The lowest BCUT2D eigenvalue weighted by Crippen LogP contribution is -2.49. The van der Waals surface area contributed by atoms with Gasteiger partial charge in [-0.05, 0) is 67.6 Å². The Morgan fingerprint density at radius 2 is 1.91 bits per heavy atom. The van der Waals surface area contributed by atoms with Gasteiger partial charge in [0.15, 0.2) is 5.82 Å². The highest BCUT2D eigenvalue weighted by atomic mass is 16.1. The standard InChI is InChI=1S/C17H26N4O/c1-11(9-21-10-19-16(20-21)5-15(18)22)17-6-12-2-13(7-17)4-14(3-12)8-17/h10-14H,2-9H2,1H3,(H2,18,22). The molecule has 0 radical (unpaired) electrons. The van der Waals surface area contributed by atoms with Crippen molar-refractivity contribution in [1.29, 1.82) is 0 Å². The number of primary amides is 1. The number of rotatable bonds is 5. The van der Waals surface area contributed by atoms with Gasteiger partial charge in [-0.25, -0.2) is 4.98 Å². The second kappa shape index (κ2) is 5.07. The molecule has 4 aliphatic carbocycles. The molecule has 4 saturated carbocycles. The van der Waals surface area contributed by atoms with E-state index < -0.39 is 0 Å². The third-order valence-corrected chi connectivity index (χ3v) is 6.51. The van der Waals surface area contributed by atoms with Crippen LogP contribution in [0.1, 0.15) is 51.3 Å². The summed E-state index contributed by atoms with van der Waals surface area (Å²) in [6, 6.07) is 0. The number of nitrogens with two attached hydrogens (primary N) is 1. The molecule has 0 spiro atoms. The number of hydrogen-bond acceptors (Lipinski definition) is 3. The summed E-state index contributed by atoms with van der Waals surface area (Å²) in [7, 11) is 0. The number of carbonyl (C=O) groups excluding carboxylic acids is 1. The van der Waals surface area contributed by atoms with Gasteiger partial charge in [0.25, 0.3) is 0 Å². The van der Waals surface area contributed by atoms with Crippen LogP contribution in [0.15, 0.2) is 6.33 Å². The van der Waals surface area contributed by atoms with Gasteiger partial charge in [0.2, 0.25) is 5.91 Å². The molecule has 1 aromatic rings. The predicted octanol–water partition coefficient (Wildman–Crippen LogP) is 2.16. The van der Waals surface area contributed by atoms with Crippen molar-refractivity contribution in [2.45, 2.75) is 58.4 Å². The molecule has 1 unspecified atom stereocenters. The van der Waals surface area contributed by atoms with Gasteiger partial charge in [-0.3, -0.25) is 9.48 Å². The molecule has 4 aliphatic rings. The van der Waals surface area contributed by atoms with Gasteiger partial charge in [-0.15, -0.1) is 0 Å². The van der Waals surface area contributed by atoms with Crippen molar-refractivity contribution in [1.82, 2.24) is 14.8 Å². The summed E-state index contributed by atoms with van der Waals surface area (Å²) in [5.74, 6) is 3.75. The van der Waals surface area contributed by atoms with Crippen LogP contribution >= 0.6 is 0 Å². The zero-order valence-corrected chi connectivity index (χ0v) is 13.4. The quantitative estimate of drug-likeness (QED) is 0.905. The normalized spacial score (nSPS) is 37.4. The molecular weight excluding hydrogens is 276 g/mol. The Balaban J connectivity index is 1.46. The van der Waals surface area contributed by atoms with Crippen molar-refractivity contribution >= 4 is 5.91 Å². The van der Waals surface area contributed by atoms with E-state index >= 15 is 0 Å². The third kappa shape index (κ3) is 2.44. The van der Waals surface area contributed by atoms with Gasteiger partial charge in [-0.1, -0.05) is 6.92 Å². The Kier molecular flexibility index (Phi) is 3.27. The smallest absolute Gasteiger partial charge is 0.225 e. The fourth-order valence-corrected chi connectivity index (χ4v) is 5.91. The Labute approximate surface area is 131 Å². The zero-order valence-electron chi connectivity index (χ0n) is 13.4. The fourth-order valence-electron chi connectivity index (χ4n) is 5.91. The largest absolute Gasteiger partial charge is 0.369 e. The van der Waals surface area contributed by atoms with E-state index in [1.165, 1.54) is 38.5 Å². The maximum absolute atomic E-state index is 11.0. The molecule has 22 heavy (non-hydrogen) atoms. The first-order valence-electron chi connectivity index (χ1n) is 8.69. The van der Waals surface area contributed by atoms with Crippen LogP contribution in [0.4, 0.5) is 0 Å². The summed E-state index contributed by atoms with van der Waals surface area (Å²) in [6.45, 7) is 3.31. The molecule has 1 heterocycles. The molecule has 0 saturated heterocycles. The third-order valence-electron chi connectivity index (χ3n) is 6.51. The van der Waals surface area contributed by atoms with Crippen LogP contribution in [0.2, 0.25) is 0 Å². The molecule has 1 amide bonds. The first-order chi connectivity index (χ1) is 10.5. The summed E-state index contributed by atoms with van der Waals surface area (Å²) in [4.78, 5) is 15.2. The van der Waals surface area contributed by atoms with Crippen LogP contribution in [-0.4, -0.2) is 20.7 Å². The van der Waals surface area contributed by atoms with Crippen LogP contribution in [0.25, 0.3) is 0 Å². The highest BCUT2D eigenvalue weighted by Crippen LogP contribution is 2.62. The summed E-state index contributed by atoms with van der Waals surface area (Å²) >= 11 is 0. The van der Waals surface area contributed by atoms with Crippen LogP contribution in [0.5, 0.6) is 0 Å². The average molecular weight is 302 g/mol. The number of aromatic nitrogens is 3. The molecule has 5 rings (SSSR count).